The zero-order chi connectivity index (χ0) is 34.9. The lowest BCUT2D eigenvalue weighted by Crippen LogP contribution is -2.41. The molecule has 3 aliphatic heterocycles. The molecule has 0 aliphatic carbocycles. The maximum atomic E-state index is 14.1. The van der Waals surface area contributed by atoms with E-state index in [1.54, 1.807) is 25.2 Å². The van der Waals surface area contributed by atoms with Crippen LogP contribution in [0.25, 0.3) is 5.57 Å². The van der Waals surface area contributed by atoms with Gasteiger partial charge in [0.2, 0.25) is 0 Å². The summed E-state index contributed by atoms with van der Waals surface area (Å²) in [6.07, 6.45) is 7.18. The standard InChI is InChI=1S/C44H33N3O4/c1-30-25-38(51-41-28-37(23-24-40(30)41)45(33-15-7-3-8-16-33)34-17-9-4-10-18-34)29-39-27-32(26-31(2)50-39)42-43(48)46(35-19-11-5-12-20-35)47(44(42)49)36-21-13-6-14-22-36/h3-29H,1-2H3/b38-29+. The van der Waals surface area contributed by atoms with Gasteiger partial charge in [-0.25, -0.2) is 10.0 Å². The van der Waals surface area contributed by atoms with Gasteiger partial charge in [0.1, 0.15) is 28.6 Å². The zero-order valence-electron chi connectivity index (χ0n) is 28.1. The molecule has 0 unspecified atom stereocenters. The number of carbonyl (C=O) groups excluding carboxylic acids is 2. The molecule has 5 aromatic rings. The Morgan fingerprint density at radius 3 is 1.65 bits per heavy atom. The van der Waals surface area contributed by atoms with Gasteiger partial charge in [-0.05, 0) is 104 Å². The summed E-state index contributed by atoms with van der Waals surface area (Å²) >= 11 is 0. The summed E-state index contributed by atoms with van der Waals surface area (Å²) in [7, 11) is 0. The quantitative estimate of drug-likeness (QED) is 0.133. The minimum atomic E-state index is -0.424. The predicted octanol–water partition coefficient (Wildman–Crippen LogP) is 9.95. The molecule has 1 fully saturated rings. The minimum absolute atomic E-state index is 0.0504. The molecule has 0 spiro atoms. The molecule has 5 aromatic carbocycles. The molecule has 3 aliphatic rings. The first-order chi connectivity index (χ1) is 24.9. The van der Waals surface area contributed by atoms with Crippen molar-refractivity contribution in [2.75, 3.05) is 14.9 Å². The van der Waals surface area contributed by atoms with E-state index >= 15 is 0 Å². The second kappa shape index (κ2) is 13.2. The van der Waals surface area contributed by atoms with Crippen molar-refractivity contribution in [1.82, 2.24) is 0 Å². The van der Waals surface area contributed by atoms with Crippen LogP contribution in [0.15, 0.2) is 192 Å². The SMILES string of the molecule is CC1=CC(=C2C(=O)N(c3ccccc3)N(c3ccccc3)C2=O)C=C(/C=C2\C=C(C)c3ccc(N(c4ccccc4)c4ccccc4)cc3O2)O1. The maximum Gasteiger partial charge on any atom is 0.283 e. The zero-order valence-corrected chi connectivity index (χ0v) is 28.1. The Morgan fingerprint density at radius 1 is 0.569 bits per heavy atom. The van der Waals surface area contributed by atoms with Crippen LogP contribution in [0.3, 0.4) is 0 Å². The van der Waals surface area contributed by atoms with E-state index in [0.717, 1.165) is 28.2 Å². The number of para-hydroxylation sites is 4. The molecular formula is C44H33N3O4. The third kappa shape index (κ3) is 6.02. The topological polar surface area (TPSA) is 62.3 Å². The molecular weight excluding hydrogens is 635 g/mol. The van der Waals surface area contributed by atoms with Crippen molar-refractivity contribution in [3.05, 3.63) is 198 Å². The van der Waals surface area contributed by atoms with Crippen molar-refractivity contribution < 1.29 is 19.1 Å². The highest BCUT2D eigenvalue weighted by atomic mass is 16.5. The number of hydrogen-bond donors (Lipinski definition) is 0. The van der Waals surface area contributed by atoms with Crippen LogP contribution in [0.5, 0.6) is 5.75 Å². The van der Waals surface area contributed by atoms with Gasteiger partial charge in [0.25, 0.3) is 11.8 Å². The van der Waals surface area contributed by atoms with E-state index in [0.29, 0.717) is 40.0 Å². The van der Waals surface area contributed by atoms with Crippen LogP contribution in [0.2, 0.25) is 0 Å². The van der Waals surface area contributed by atoms with Crippen LogP contribution in [0.1, 0.15) is 19.4 Å². The Kier molecular flexibility index (Phi) is 8.14. The average Bonchev–Trinajstić information content (AvgIpc) is 3.42. The van der Waals surface area contributed by atoms with Crippen molar-refractivity contribution >= 4 is 45.8 Å². The van der Waals surface area contributed by atoms with E-state index in [2.05, 4.69) is 41.3 Å². The van der Waals surface area contributed by atoms with Gasteiger partial charge < -0.3 is 14.4 Å². The largest absolute Gasteiger partial charge is 0.462 e. The Labute approximate surface area is 296 Å². The predicted molar refractivity (Wildman–Crippen MR) is 201 cm³/mol. The average molecular weight is 668 g/mol. The first-order valence-electron chi connectivity index (χ1n) is 16.7. The lowest BCUT2D eigenvalue weighted by Gasteiger charge is -2.27. The van der Waals surface area contributed by atoms with Crippen LogP contribution < -0.4 is 19.7 Å². The number of rotatable bonds is 6. The monoisotopic (exact) mass is 667 g/mol. The maximum absolute atomic E-state index is 14.1. The van der Waals surface area contributed by atoms with Crippen LogP contribution in [0.4, 0.5) is 28.4 Å². The number of anilines is 5. The highest BCUT2D eigenvalue weighted by Crippen LogP contribution is 2.41. The molecule has 2 amide bonds. The van der Waals surface area contributed by atoms with Crippen LogP contribution in [-0.2, 0) is 14.3 Å². The highest BCUT2D eigenvalue weighted by Gasteiger charge is 2.44. The van der Waals surface area contributed by atoms with E-state index in [4.69, 9.17) is 9.47 Å². The van der Waals surface area contributed by atoms with Gasteiger partial charge in [-0.15, -0.1) is 0 Å². The van der Waals surface area contributed by atoms with Crippen molar-refractivity contribution in [3.63, 3.8) is 0 Å². The van der Waals surface area contributed by atoms with Gasteiger partial charge in [0.15, 0.2) is 0 Å². The Balaban J connectivity index is 1.16. The second-order valence-corrected chi connectivity index (χ2v) is 12.3. The first-order valence-corrected chi connectivity index (χ1v) is 16.7. The highest BCUT2D eigenvalue weighted by molar-refractivity contribution is 6.36. The Hall–Kier alpha value is -6.86. The number of hydrogen-bond acceptors (Lipinski definition) is 5. The first kappa shape index (κ1) is 31.4. The number of amides is 2. The van der Waals surface area contributed by atoms with Crippen LogP contribution in [-0.4, -0.2) is 11.8 Å². The molecule has 8 rings (SSSR count). The number of carbonyl (C=O) groups is 2. The Morgan fingerprint density at radius 2 is 1.10 bits per heavy atom. The van der Waals surface area contributed by atoms with Crippen LogP contribution in [0, 0.1) is 0 Å². The summed E-state index contributed by atoms with van der Waals surface area (Å²) in [5.74, 6) is 1.40. The molecule has 7 nitrogen and oxygen atoms in total. The fourth-order valence-electron chi connectivity index (χ4n) is 6.53. The molecule has 0 saturated carbocycles. The number of hydrazine groups is 1. The van der Waals surface area contributed by atoms with E-state index in [-0.39, 0.29) is 5.57 Å². The number of fused-ring (bicyclic) bond motifs is 1. The normalized spacial score (nSPS) is 16.3. The molecule has 3 heterocycles. The number of allylic oxidation sites excluding steroid dienone is 7. The Bertz CT molecular complexity index is 2210. The molecule has 248 valence electrons. The van der Waals surface area contributed by atoms with Crippen molar-refractivity contribution in [2.24, 2.45) is 0 Å². The molecule has 7 heteroatoms. The third-order valence-corrected chi connectivity index (χ3v) is 8.79. The van der Waals surface area contributed by atoms with Gasteiger partial charge in [-0.3, -0.25) is 9.59 Å². The minimum Gasteiger partial charge on any atom is -0.462 e. The second-order valence-electron chi connectivity index (χ2n) is 12.3. The third-order valence-electron chi connectivity index (χ3n) is 8.79. The van der Waals surface area contributed by atoms with E-state index in [1.807, 2.05) is 116 Å². The van der Waals surface area contributed by atoms with Gasteiger partial charge >= 0.3 is 0 Å². The smallest absolute Gasteiger partial charge is 0.283 e. The van der Waals surface area contributed by atoms with E-state index in [9.17, 15) is 9.59 Å². The van der Waals surface area contributed by atoms with Gasteiger partial charge in [0, 0.05) is 34.8 Å². The molecule has 0 N–H and O–H groups in total. The number of nitrogens with zero attached hydrogens (tertiary/aromatic N) is 3. The summed E-state index contributed by atoms with van der Waals surface area (Å²) in [5, 5.41) is 2.84. The molecule has 0 bridgehead atoms. The van der Waals surface area contributed by atoms with Crippen molar-refractivity contribution in [1.29, 1.82) is 0 Å². The van der Waals surface area contributed by atoms with E-state index in [1.165, 1.54) is 10.0 Å². The van der Waals surface area contributed by atoms with Crippen molar-refractivity contribution in [3.8, 4) is 5.75 Å². The molecule has 0 aromatic heterocycles. The summed E-state index contributed by atoms with van der Waals surface area (Å²) < 4.78 is 12.6. The lowest BCUT2D eigenvalue weighted by atomic mass is 10.0. The summed E-state index contributed by atoms with van der Waals surface area (Å²) in [6.45, 7) is 3.84. The fraction of sp³-hybridized carbons (Fsp3) is 0.0455. The summed E-state index contributed by atoms with van der Waals surface area (Å²) in [5.41, 5.74) is 6.69. The van der Waals surface area contributed by atoms with Gasteiger partial charge in [-0.2, -0.15) is 0 Å². The summed E-state index contributed by atoms with van der Waals surface area (Å²) in [6, 6.07) is 45.0. The fourth-order valence-corrected chi connectivity index (χ4v) is 6.53. The lowest BCUT2D eigenvalue weighted by molar-refractivity contribution is -0.116. The molecule has 0 radical (unpaired) electrons. The van der Waals surface area contributed by atoms with E-state index < -0.39 is 11.8 Å². The van der Waals surface area contributed by atoms with Gasteiger partial charge in [0.05, 0.1) is 11.4 Å². The molecule has 0 atom stereocenters. The van der Waals surface area contributed by atoms with Crippen molar-refractivity contribution in [2.45, 2.75) is 13.8 Å². The summed E-state index contributed by atoms with van der Waals surface area (Å²) in [4.78, 5) is 30.4. The molecule has 1 saturated heterocycles. The van der Waals surface area contributed by atoms with Gasteiger partial charge in [-0.1, -0.05) is 72.8 Å². The van der Waals surface area contributed by atoms with Crippen LogP contribution >= 0.6 is 0 Å². The number of benzene rings is 5. The number of ether oxygens (including phenoxy) is 2. The molecule has 51 heavy (non-hydrogen) atoms.